The van der Waals surface area contributed by atoms with Gasteiger partial charge in [-0.3, -0.25) is 9.59 Å². The van der Waals surface area contributed by atoms with Gasteiger partial charge in [0.1, 0.15) is 0 Å². The van der Waals surface area contributed by atoms with Gasteiger partial charge in [0.15, 0.2) is 12.4 Å². The minimum Gasteiger partial charge on any atom is -0.386 e. The zero-order chi connectivity index (χ0) is 20.1. The third kappa shape index (κ3) is 5.89. The Morgan fingerprint density at radius 2 is 1.96 bits per heavy atom. The van der Waals surface area contributed by atoms with E-state index in [9.17, 15) is 9.59 Å². The van der Waals surface area contributed by atoms with Crippen LogP contribution in [-0.4, -0.2) is 34.2 Å². The van der Waals surface area contributed by atoms with E-state index in [1.54, 1.807) is 13.8 Å². The van der Waals surface area contributed by atoms with Crippen molar-refractivity contribution < 1.29 is 14.4 Å². The Hall–Kier alpha value is -2.31. The van der Waals surface area contributed by atoms with Crippen LogP contribution in [0.3, 0.4) is 0 Å². The molecular weight excluding hydrogens is 332 g/mol. The van der Waals surface area contributed by atoms with Crippen molar-refractivity contribution in [3.8, 4) is 0 Å². The fraction of sp³-hybridized carbons (Fsp3) is 0.632. The molecule has 0 spiro atoms. The van der Waals surface area contributed by atoms with E-state index in [1.807, 2.05) is 19.9 Å². The van der Waals surface area contributed by atoms with Gasteiger partial charge in [-0.2, -0.15) is 0 Å². The van der Waals surface area contributed by atoms with Crippen molar-refractivity contribution in [3.05, 3.63) is 23.0 Å². The number of rotatable bonds is 9. The molecule has 1 rings (SSSR count). The zero-order valence-corrected chi connectivity index (χ0v) is 17.0. The molecule has 1 heterocycles. The van der Waals surface area contributed by atoms with Crippen molar-refractivity contribution in [3.63, 3.8) is 0 Å². The molecule has 0 aliphatic rings. The largest absolute Gasteiger partial charge is 0.386 e. The van der Waals surface area contributed by atoms with Crippen molar-refractivity contribution in [2.24, 2.45) is 16.8 Å². The van der Waals surface area contributed by atoms with Crippen molar-refractivity contribution >= 4 is 17.5 Å². The maximum Gasteiger partial charge on any atom is 0.217 e. The number of nitrogens with two attached hydrogens (primary N) is 1. The van der Waals surface area contributed by atoms with E-state index in [0.717, 1.165) is 24.4 Å². The predicted octanol–water partition coefficient (Wildman–Crippen LogP) is 2.54. The van der Waals surface area contributed by atoms with Crippen LogP contribution in [0.2, 0.25) is 0 Å². The fourth-order valence-corrected chi connectivity index (χ4v) is 2.67. The van der Waals surface area contributed by atoms with E-state index < -0.39 is 5.54 Å². The lowest BCUT2D eigenvalue weighted by Crippen LogP contribution is -2.52. The molecule has 0 saturated heterocycles. The molecule has 7 nitrogen and oxygen atoms in total. The number of carbonyl (C=O) groups excluding carboxylic acids is 2. The quantitative estimate of drug-likeness (QED) is 0.304. The number of aromatic nitrogens is 1. The maximum atomic E-state index is 12.5. The number of amides is 1. The highest BCUT2D eigenvalue weighted by Gasteiger charge is 2.24. The summed E-state index contributed by atoms with van der Waals surface area (Å²) in [6, 6.07) is 1.88. The summed E-state index contributed by atoms with van der Waals surface area (Å²) in [5.74, 6) is 0.326. The highest BCUT2D eigenvalue weighted by molar-refractivity contribution is 5.98. The summed E-state index contributed by atoms with van der Waals surface area (Å²) >= 11 is 0. The van der Waals surface area contributed by atoms with Crippen LogP contribution < -0.4 is 11.1 Å². The summed E-state index contributed by atoms with van der Waals surface area (Å²) in [6.07, 6.45) is 1.06. The summed E-state index contributed by atoms with van der Waals surface area (Å²) in [5.41, 5.74) is 7.63. The third-order valence-electron chi connectivity index (χ3n) is 4.29. The Morgan fingerprint density at radius 3 is 2.50 bits per heavy atom. The lowest BCUT2D eigenvalue weighted by atomic mass is 10.0. The summed E-state index contributed by atoms with van der Waals surface area (Å²) in [4.78, 5) is 28.8. The van der Waals surface area contributed by atoms with E-state index in [4.69, 9.17) is 10.6 Å². The van der Waals surface area contributed by atoms with Gasteiger partial charge in [0, 0.05) is 30.4 Å². The first-order chi connectivity index (χ1) is 12.0. The van der Waals surface area contributed by atoms with Crippen LogP contribution in [0.25, 0.3) is 0 Å². The summed E-state index contributed by atoms with van der Waals surface area (Å²) in [5, 5.41) is 6.45. The summed E-state index contributed by atoms with van der Waals surface area (Å²) in [7, 11) is 0. The molecule has 0 saturated carbocycles. The smallest absolute Gasteiger partial charge is 0.217 e. The lowest BCUT2D eigenvalue weighted by molar-refractivity contribution is -0.119. The molecule has 3 N–H and O–H groups in total. The molecule has 0 aliphatic heterocycles. The standard InChI is InChI=1S/C19H32N4O3/c1-12(2)8-9-23-13(3)10-16(14(23)4)17(25)11-26-22-18(20)19(6,7)21-15(5)24/h10,12H,8-9,11H2,1-7H3,(H2,20,22)(H,21,24). The lowest BCUT2D eigenvalue weighted by Gasteiger charge is -2.23. The monoisotopic (exact) mass is 364 g/mol. The Bertz CT molecular complexity index is 687. The second-order valence-corrected chi connectivity index (χ2v) is 7.60. The molecule has 0 radical (unpaired) electrons. The van der Waals surface area contributed by atoms with E-state index >= 15 is 0 Å². The Morgan fingerprint density at radius 1 is 1.35 bits per heavy atom. The normalized spacial score (nSPS) is 12.4. The van der Waals surface area contributed by atoms with Crippen molar-refractivity contribution in [1.29, 1.82) is 0 Å². The Kier molecular flexibility index (Phi) is 7.41. The number of hydrogen-bond acceptors (Lipinski definition) is 4. The SMILES string of the molecule is CC(=O)NC(C)(C)/C(N)=N\OCC(=O)c1cc(C)n(CCC(C)C)c1C. The van der Waals surface area contributed by atoms with Crippen LogP contribution in [0, 0.1) is 19.8 Å². The molecule has 0 bridgehead atoms. The Labute approximate surface area is 156 Å². The zero-order valence-electron chi connectivity index (χ0n) is 17.0. The number of nitrogens with zero attached hydrogens (tertiary/aromatic N) is 2. The van der Waals surface area contributed by atoms with E-state index in [2.05, 4.69) is 28.9 Å². The first kappa shape index (κ1) is 21.7. The van der Waals surface area contributed by atoms with Gasteiger partial charge in [0.2, 0.25) is 11.7 Å². The number of aryl methyl sites for hydroxylation is 1. The molecule has 0 aromatic carbocycles. The predicted molar refractivity (Wildman–Crippen MR) is 103 cm³/mol. The number of oxime groups is 1. The highest BCUT2D eigenvalue weighted by Crippen LogP contribution is 2.18. The average Bonchev–Trinajstić information content (AvgIpc) is 2.78. The van der Waals surface area contributed by atoms with E-state index in [-0.39, 0.29) is 24.1 Å². The number of carbonyl (C=O) groups is 2. The van der Waals surface area contributed by atoms with Crippen LogP contribution >= 0.6 is 0 Å². The number of Topliss-reactive ketones (excluding diaryl/α,β-unsaturated/α-hetero) is 1. The van der Waals surface area contributed by atoms with Crippen LogP contribution in [0.4, 0.5) is 0 Å². The van der Waals surface area contributed by atoms with E-state index in [1.165, 1.54) is 6.92 Å². The second-order valence-electron chi connectivity index (χ2n) is 7.60. The van der Waals surface area contributed by atoms with Gasteiger partial charge in [0.25, 0.3) is 0 Å². The van der Waals surface area contributed by atoms with Gasteiger partial charge in [-0.15, -0.1) is 0 Å². The van der Waals surface area contributed by atoms with Gasteiger partial charge in [-0.05, 0) is 46.1 Å². The number of nitrogens with one attached hydrogen (secondary N) is 1. The molecule has 26 heavy (non-hydrogen) atoms. The fourth-order valence-electron chi connectivity index (χ4n) is 2.67. The number of hydrogen-bond donors (Lipinski definition) is 2. The van der Waals surface area contributed by atoms with Gasteiger partial charge in [-0.1, -0.05) is 19.0 Å². The molecule has 7 heteroatoms. The first-order valence-corrected chi connectivity index (χ1v) is 8.90. The van der Waals surface area contributed by atoms with Gasteiger partial charge in [-0.25, -0.2) is 0 Å². The molecule has 0 unspecified atom stereocenters. The van der Waals surface area contributed by atoms with Crippen LogP contribution in [0.1, 0.15) is 62.8 Å². The molecular formula is C19H32N4O3. The maximum absolute atomic E-state index is 12.5. The second kappa shape index (κ2) is 8.87. The topological polar surface area (TPSA) is 98.7 Å². The van der Waals surface area contributed by atoms with Crippen LogP contribution in [0.5, 0.6) is 0 Å². The van der Waals surface area contributed by atoms with E-state index in [0.29, 0.717) is 11.5 Å². The summed E-state index contributed by atoms with van der Waals surface area (Å²) in [6.45, 7) is 13.8. The molecule has 0 atom stereocenters. The number of amidine groups is 1. The van der Waals surface area contributed by atoms with Crippen molar-refractivity contribution in [1.82, 2.24) is 9.88 Å². The average molecular weight is 364 g/mol. The Balaban J connectivity index is 2.76. The first-order valence-electron chi connectivity index (χ1n) is 8.90. The molecule has 146 valence electrons. The molecule has 0 aliphatic carbocycles. The minimum absolute atomic E-state index is 0.0999. The van der Waals surface area contributed by atoms with Crippen molar-refractivity contribution in [2.75, 3.05) is 6.61 Å². The molecule has 0 fully saturated rings. The minimum atomic E-state index is -0.846. The van der Waals surface area contributed by atoms with Crippen LogP contribution in [0.15, 0.2) is 11.2 Å². The molecule has 1 aromatic rings. The van der Waals surface area contributed by atoms with Gasteiger partial charge >= 0.3 is 0 Å². The van der Waals surface area contributed by atoms with Crippen molar-refractivity contribution in [2.45, 2.75) is 67.0 Å². The summed E-state index contributed by atoms with van der Waals surface area (Å²) < 4.78 is 2.16. The third-order valence-corrected chi connectivity index (χ3v) is 4.29. The van der Waals surface area contributed by atoms with Gasteiger partial charge in [0.05, 0.1) is 5.54 Å². The van der Waals surface area contributed by atoms with Gasteiger partial charge < -0.3 is 20.5 Å². The number of ketones is 1. The molecule has 1 amide bonds. The highest BCUT2D eigenvalue weighted by atomic mass is 16.6. The molecule has 1 aromatic heterocycles. The van der Waals surface area contributed by atoms with Crippen LogP contribution in [-0.2, 0) is 16.2 Å².